The monoisotopic (exact) mass is 377 g/mol. The highest BCUT2D eigenvalue weighted by atomic mass is 19.1. The van der Waals surface area contributed by atoms with Crippen LogP contribution in [0.1, 0.15) is 23.3 Å². The normalized spacial score (nSPS) is 22.7. The van der Waals surface area contributed by atoms with Crippen molar-refractivity contribution in [3.8, 4) is 5.75 Å². The van der Waals surface area contributed by atoms with Crippen LogP contribution in [0.4, 0.5) is 10.1 Å². The highest BCUT2D eigenvalue weighted by Crippen LogP contribution is 2.42. The third-order valence-electron chi connectivity index (χ3n) is 5.30. The molecule has 2 aliphatic rings. The van der Waals surface area contributed by atoms with Crippen LogP contribution in [-0.4, -0.2) is 65.2 Å². The van der Waals surface area contributed by atoms with Gasteiger partial charge in [0.2, 0.25) is 5.43 Å². The predicted octanol–water partition coefficient (Wildman–Crippen LogP) is 0.862. The van der Waals surface area contributed by atoms with Gasteiger partial charge in [-0.05, 0) is 20.0 Å². The lowest BCUT2D eigenvalue weighted by molar-refractivity contribution is 0.0150. The highest BCUT2D eigenvalue weighted by molar-refractivity contribution is 5.97. The number of rotatable bonds is 2. The second-order valence-electron chi connectivity index (χ2n) is 7.08. The van der Waals surface area contributed by atoms with E-state index in [4.69, 9.17) is 4.74 Å². The van der Waals surface area contributed by atoms with E-state index in [0.717, 1.165) is 6.07 Å². The summed E-state index contributed by atoms with van der Waals surface area (Å²) in [5, 5.41) is 19.4. The zero-order chi connectivity index (χ0) is 19.5. The average molecular weight is 377 g/mol. The lowest BCUT2D eigenvalue weighted by Crippen LogP contribution is -2.51. The number of pyridine rings is 1. The van der Waals surface area contributed by atoms with Crippen LogP contribution < -0.4 is 15.1 Å². The van der Waals surface area contributed by atoms with Gasteiger partial charge in [-0.3, -0.25) is 9.69 Å². The summed E-state index contributed by atoms with van der Waals surface area (Å²) in [6.07, 6.45) is 0.546. The van der Waals surface area contributed by atoms with Crippen molar-refractivity contribution in [1.29, 1.82) is 0 Å². The van der Waals surface area contributed by atoms with E-state index in [9.17, 15) is 19.8 Å². The van der Waals surface area contributed by atoms with Crippen LogP contribution in [-0.2, 0) is 0 Å². The number of hydrogen-bond acceptors (Lipinski definition) is 6. The Morgan fingerprint density at radius 2 is 2.11 bits per heavy atom. The Labute approximate surface area is 154 Å². The van der Waals surface area contributed by atoms with Gasteiger partial charge in [0.15, 0.2) is 11.6 Å². The van der Waals surface area contributed by atoms with Crippen LogP contribution in [0.15, 0.2) is 17.1 Å². The van der Waals surface area contributed by atoms with Gasteiger partial charge >= 0.3 is 5.97 Å². The minimum atomic E-state index is -1.35. The number of benzene rings is 1. The third kappa shape index (κ3) is 2.65. The smallest absolute Gasteiger partial charge is 0.341 e. The van der Waals surface area contributed by atoms with Crippen LogP contribution in [0, 0.1) is 5.82 Å². The van der Waals surface area contributed by atoms with E-state index in [1.165, 1.54) is 6.20 Å². The number of carboxylic acid groups (broad SMARTS) is 1. The standard InChI is InChI=1S/C18H20FN3O5/c1-9-8-27-17-14-10(16(24)11(18(25)26)6-22(9)14)5-12(19)15(17)21-4-3-20(2)13(23)7-21/h5-6,9,13,23H,3-4,7-8H2,1-2H3,(H,25,26). The molecule has 2 atom stereocenters. The molecule has 9 heteroatoms. The number of carbonyl (C=O) groups is 1. The molecule has 2 aliphatic heterocycles. The summed E-state index contributed by atoms with van der Waals surface area (Å²) < 4.78 is 22.5. The molecule has 1 aromatic carbocycles. The summed E-state index contributed by atoms with van der Waals surface area (Å²) in [6.45, 7) is 3.28. The van der Waals surface area contributed by atoms with Gasteiger partial charge in [0, 0.05) is 19.3 Å². The number of carboxylic acids is 1. The first-order valence-corrected chi connectivity index (χ1v) is 8.70. The summed E-state index contributed by atoms with van der Waals surface area (Å²) in [4.78, 5) is 27.5. The molecule has 144 valence electrons. The maximum absolute atomic E-state index is 15.0. The minimum absolute atomic E-state index is 0.0209. The van der Waals surface area contributed by atoms with Gasteiger partial charge < -0.3 is 24.4 Å². The van der Waals surface area contributed by atoms with Crippen LogP contribution in [0.25, 0.3) is 10.9 Å². The van der Waals surface area contributed by atoms with E-state index in [2.05, 4.69) is 0 Å². The fourth-order valence-electron chi connectivity index (χ4n) is 3.72. The van der Waals surface area contributed by atoms with Gasteiger partial charge in [-0.25, -0.2) is 9.18 Å². The summed E-state index contributed by atoms with van der Waals surface area (Å²) in [6, 6.07) is 0.862. The van der Waals surface area contributed by atoms with E-state index >= 15 is 4.39 Å². The van der Waals surface area contributed by atoms with Gasteiger partial charge in [-0.1, -0.05) is 0 Å². The van der Waals surface area contributed by atoms with Crippen molar-refractivity contribution in [2.24, 2.45) is 0 Å². The molecular formula is C18H20FN3O5. The molecule has 4 rings (SSSR count). The molecule has 2 aromatic rings. The lowest BCUT2D eigenvalue weighted by Gasteiger charge is -2.39. The zero-order valence-corrected chi connectivity index (χ0v) is 15.0. The Morgan fingerprint density at radius 1 is 1.37 bits per heavy atom. The Morgan fingerprint density at radius 3 is 2.78 bits per heavy atom. The Balaban J connectivity index is 1.99. The second-order valence-corrected chi connectivity index (χ2v) is 7.08. The molecule has 0 aliphatic carbocycles. The van der Waals surface area contributed by atoms with Crippen molar-refractivity contribution in [1.82, 2.24) is 9.47 Å². The van der Waals surface area contributed by atoms with Gasteiger partial charge in [0.1, 0.15) is 24.1 Å². The number of aliphatic hydroxyl groups is 1. The Hall–Kier alpha value is -2.65. The number of aromatic nitrogens is 1. The minimum Gasteiger partial charge on any atom is -0.487 e. The van der Waals surface area contributed by atoms with Crippen LogP contribution in [0.5, 0.6) is 5.75 Å². The van der Waals surface area contributed by atoms with E-state index in [1.54, 1.807) is 21.4 Å². The zero-order valence-electron chi connectivity index (χ0n) is 15.0. The molecule has 0 bridgehead atoms. The molecule has 8 nitrogen and oxygen atoms in total. The van der Waals surface area contributed by atoms with Gasteiger partial charge in [-0.2, -0.15) is 0 Å². The number of piperazine rings is 1. The van der Waals surface area contributed by atoms with Gasteiger partial charge in [0.05, 0.1) is 23.5 Å². The number of hydrogen-bond donors (Lipinski definition) is 2. The van der Waals surface area contributed by atoms with Crippen molar-refractivity contribution >= 4 is 22.6 Å². The number of ether oxygens (including phenoxy) is 1. The number of nitrogens with zero attached hydrogens (tertiary/aromatic N) is 3. The lowest BCUT2D eigenvalue weighted by atomic mass is 10.1. The van der Waals surface area contributed by atoms with Crippen molar-refractivity contribution in [2.75, 3.05) is 38.2 Å². The fourth-order valence-corrected chi connectivity index (χ4v) is 3.72. The van der Waals surface area contributed by atoms with E-state index in [0.29, 0.717) is 18.6 Å². The van der Waals surface area contributed by atoms with Gasteiger partial charge in [0.25, 0.3) is 0 Å². The quantitative estimate of drug-likeness (QED) is 0.802. The first-order chi connectivity index (χ1) is 12.8. The molecule has 1 aromatic heterocycles. The topological polar surface area (TPSA) is 95.2 Å². The second kappa shape index (κ2) is 6.21. The molecule has 0 amide bonds. The van der Waals surface area contributed by atoms with Crippen LogP contribution >= 0.6 is 0 Å². The molecule has 1 saturated heterocycles. The Kier molecular flexibility index (Phi) is 4.08. The predicted molar refractivity (Wildman–Crippen MR) is 96.2 cm³/mol. The molecule has 0 spiro atoms. The third-order valence-corrected chi connectivity index (χ3v) is 5.30. The molecule has 0 radical (unpaired) electrons. The van der Waals surface area contributed by atoms with Crippen molar-refractivity contribution in [2.45, 2.75) is 19.2 Å². The molecule has 2 unspecified atom stereocenters. The number of aliphatic hydroxyl groups excluding tert-OH is 1. The van der Waals surface area contributed by atoms with E-state index in [-0.39, 0.29) is 36.0 Å². The molecule has 2 N–H and O–H groups in total. The molecule has 0 saturated carbocycles. The first kappa shape index (κ1) is 17.7. The molecular weight excluding hydrogens is 357 g/mol. The van der Waals surface area contributed by atoms with Crippen molar-refractivity contribution < 1.29 is 24.1 Å². The number of halogens is 1. The maximum Gasteiger partial charge on any atom is 0.341 e. The number of likely N-dealkylation sites (N-methyl/N-ethyl adjacent to an activating group) is 1. The molecule has 3 heterocycles. The summed E-state index contributed by atoms with van der Waals surface area (Å²) in [5.74, 6) is -1.80. The fraction of sp³-hybridized carbons (Fsp3) is 0.444. The highest BCUT2D eigenvalue weighted by Gasteiger charge is 2.32. The Bertz CT molecular complexity index is 1000. The van der Waals surface area contributed by atoms with Crippen LogP contribution in [0.3, 0.4) is 0 Å². The largest absolute Gasteiger partial charge is 0.487 e. The molecule has 27 heavy (non-hydrogen) atoms. The maximum atomic E-state index is 15.0. The van der Waals surface area contributed by atoms with Crippen molar-refractivity contribution in [3.05, 3.63) is 33.9 Å². The number of β-amino-alcohol motifs (C(OH)–C–C–N with tert-alkyl or cyclic N) is 1. The van der Waals surface area contributed by atoms with Crippen LogP contribution in [0.2, 0.25) is 0 Å². The van der Waals surface area contributed by atoms with Gasteiger partial charge in [-0.15, -0.1) is 0 Å². The molecule has 1 fully saturated rings. The average Bonchev–Trinajstić information content (AvgIpc) is 2.61. The SMILES string of the molecule is CC1COc2c(N3CCN(C)C(O)C3)c(F)cc3c(=O)c(C(=O)O)cn1c23. The van der Waals surface area contributed by atoms with Crippen molar-refractivity contribution in [3.63, 3.8) is 0 Å². The number of aromatic carboxylic acids is 1. The number of anilines is 1. The van der Waals surface area contributed by atoms with E-state index in [1.807, 2.05) is 6.92 Å². The first-order valence-electron chi connectivity index (χ1n) is 8.70. The van der Waals surface area contributed by atoms with E-state index < -0.39 is 29.0 Å². The summed E-state index contributed by atoms with van der Waals surface area (Å²) >= 11 is 0. The summed E-state index contributed by atoms with van der Waals surface area (Å²) in [7, 11) is 1.78. The summed E-state index contributed by atoms with van der Waals surface area (Å²) in [5.41, 5.74) is -0.563.